The number of rotatable bonds is 10. The Balaban J connectivity index is 1.62. The molecule has 120 valence electrons. The number of ether oxygens (including phenoxy) is 2. The van der Waals surface area contributed by atoms with Gasteiger partial charge in [-0.05, 0) is 48.1 Å². The lowest BCUT2D eigenvalue weighted by molar-refractivity contribution is -0.0445. The summed E-state index contributed by atoms with van der Waals surface area (Å²) >= 11 is 1.75. The Morgan fingerprint density at radius 1 is 1.23 bits per heavy atom. The minimum absolute atomic E-state index is 0.0645. The Labute approximate surface area is 153 Å². The first-order valence-corrected chi connectivity index (χ1v) is 13.5. The van der Waals surface area contributed by atoms with Gasteiger partial charge in [0.1, 0.15) is 15.4 Å². The van der Waals surface area contributed by atoms with Crippen LogP contribution in [0.1, 0.15) is 6.92 Å². The zero-order chi connectivity index (χ0) is 15.8. The number of methoxy groups -OCH3 is 2. The molecule has 2 rings (SSSR count). The van der Waals surface area contributed by atoms with Crippen LogP contribution >= 0.6 is 52.6 Å². The molecule has 0 amide bonds. The van der Waals surface area contributed by atoms with Gasteiger partial charge in [-0.2, -0.15) is 0 Å². The Morgan fingerprint density at radius 2 is 2.00 bits per heavy atom. The highest BCUT2D eigenvalue weighted by Crippen LogP contribution is 2.48. The molecule has 2 aromatic rings. The van der Waals surface area contributed by atoms with Crippen molar-refractivity contribution in [2.24, 2.45) is 0 Å². The van der Waals surface area contributed by atoms with Crippen LogP contribution in [0.2, 0.25) is 5.54 Å². The fraction of sp³-hybridized carbons (Fsp3) is 0.462. The molecule has 0 aliphatic heterocycles. The van der Waals surface area contributed by atoms with Gasteiger partial charge >= 0.3 is 0 Å². The van der Waals surface area contributed by atoms with E-state index in [-0.39, 0.29) is 5.91 Å². The molecule has 0 saturated carbocycles. The highest BCUT2D eigenvalue weighted by atomic mass is 33.7. The summed E-state index contributed by atoms with van der Waals surface area (Å²) in [4.78, 5) is 4.61. The molecule has 1 atom stereocenters. The third-order valence-corrected chi connectivity index (χ3v) is 12.2. The molecule has 0 aliphatic rings. The minimum atomic E-state index is -0.0645. The van der Waals surface area contributed by atoms with Crippen LogP contribution in [-0.4, -0.2) is 40.4 Å². The highest BCUT2D eigenvalue weighted by Gasteiger charge is 2.13. The molecule has 22 heavy (non-hydrogen) atoms. The Morgan fingerprint density at radius 3 is 2.73 bits per heavy atom. The predicted molar refractivity (Wildman–Crippen MR) is 106 cm³/mol. The quantitative estimate of drug-likeness (QED) is 0.225. The highest BCUT2D eigenvalue weighted by molar-refractivity contribution is 9.26. The molecular formula is C13H17NO2S5Si. The largest absolute Gasteiger partial charge is 0.360 e. The van der Waals surface area contributed by atoms with E-state index < -0.39 is 0 Å². The average Bonchev–Trinajstić information content (AvgIpc) is 2.95. The molecule has 0 aliphatic carbocycles. The lowest BCUT2D eigenvalue weighted by Gasteiger charge is -2.16. The number of aromatic nitrogens is 1. The van der Waals surface area contributed by atoms with Gasteiger partial charge in [0, 0.05) is 20.0 Å². The normalized spacial score (nSPS) is 13.1. The van der Waals surface area contributed by atoms with Crippen molar-refractivity contribution in [1.29, 1.82) is 0 Å². The fourth-order valence-corrected chi connectivity index (χ4v) is 10.7. The van der Waals surface area contributed by atoms with E-state index in [1.54, 1.807) is 46.2 Å². The van der Waals surface area contributed by atoms with E-state index in [9.17, 15) is 0 Å². The molecule has 9 heteroatoms. The van der Waals surface area contributed by atoms with Crippen LogP contribution in [-0.2, 0) is 9.47 Å². The van der Waals surface area contributed by atoms with Crippen molar-refractivity contribution < 1.29 is 9.47 Å². The molecule has 0 bridgehead atoms. The lowest BCUT2D eigenvalue weighted by Crippen LogP contribution is -2.25. The van der Waals surface area contributed by atoms with Gasteiger partial charge in [0.2, 0.25) is 0 Å². The van der Waals surface area contributed by atoms with Crippen molar-refractivity contribution in [3.05, 3.63) is 24.3 Å². The average molecular weight is 408 g/mol. The monoisotopic (exact) mass is 407 g/mol. The number of benzene rings is 1. The topological polar surface area (TPSA) is 31.4 Å². The first kappa shape index (κ1) is 19.0. The van der Waals surface area contributed by atoms with Gasteiger partial charge in [0.15, 0.2) is 4.34 Å². The van der Waals surface area contributed by atoms with Crippen LogP contribution in [0.15, 0.2) is 28.6 Å². The number of fused-ring (bicyclic) bond motifs is 1. The standard InChI is InChI=1S/C13H17NO2S5Si/c1-9(22-13(15-2)16-3)8-17-20-21-19-12-14-10-6-4-5-7-11(10)18-12/h4-7,9,13H,8H2,1-3H3. The molecule has 0 spiro atoms. The molecule has 0 fully saturated rings. The second-order valence-corrected chi connectivity index (χ2v) is 13.3. The smallest absolute Gasteiger partial charge is 0.162 e. The summed E-state index contributed by atoms with van der Waals surface area (Å²) in [5.41, 5.74) is 1.68. The molecule has 0 saturated heterocycles. The zero-order valence-corrected chi connectivity index (χ0v) is 17.6. The van der Waals surface area contributed by atoms with Crippen molar-refractivity contribution in [3.8, 4) is 0 Å². The number of para-hydroxylation sites is 1. The van der Waals surface area contributed by atoms with E-state index in [0.29, 0.717) is 15.1 Å². The molecule has 2 radical (unpaired) electrons. The summed E-state index contributed by atoms with van der Waals surface area (Å²) in [6.07, 6.45) is 0. The van der Waals surface area contributed by atoms with Gasteiger partial charge in [-0.1, -0.05) is 29.9 Å². The molecule has 1 aromatic heterocycles. The zero-order valence-electron chi connectivity index (χ0n) is 12.5. The van der Waals surface area contributed by atoms with Gasteiger partial charge in [-0.3, -0.25) is 0 Å². The Hall–Kier alpha value is 0.647. The molecular weight excluding hydrogens is 391 g/mol. The van der Waals surface area contributed by atoms with Crippen LogP contribution in [0.25, 0.3) is 10.2 Å². The van der Waals surface area contributed by atoms with Gasteiger partial charge in [-0.15, -0.1) is 11.3 Å². The molecule has 1 unspecified atom stereocenters. The molecule has 1 heterocycles. The van der Waals surface area contributed by atoms with Crippen molar-refractivity contribution in [2.45, 2.75) is 22.7 Å². The summed E-state index contributed by atoms with van der Waals surface area (Å²) in [5.74, 6) is 1.03. The minimum Gasteiger partial charge on any atom is -0.360 e. The van der Waals surface area contributed by atoms with E-state index >= 15 is 0 Å². The maximum absolute atomic E-state index is 5.24. The number of thiazole rings is 1. The van der Waals surface area contributed by atoms with Gasteiger partial charge < -0.3 is 9.47 Å². The second kappa shape index (κ2) is 10.5. The number of hydrogen-bond acceptors (Lipinski definition) is 8. The van der Waals surface area contributed by atoms with E-state index in [2.05, 4.69) is 30.1 Å². The van der Waals surface area contributed by atoms with Crippen LogP contribution < -0.4 is 0 Å². The van der Waals surface area contributed by atoms with E-state index in [1.165, 1.54) is 4.70 Å². The SMILES string of the molecule is COC(OC)[Si]C(C)CSSSSc1nc2ccccc2s1. The summed E-state index contributed by atoms with van der Waals surface area (Å²) in [6.45, 7) is 2.24. The molecule has 0 N–H and O–H groups in total. The van der Waals surface area contributed by atoms with E-state index in [4.69, 9.17) is 9.47 Å². The third-order valence-electron chi connectivity index (χ3n) is 2.62. The summed E-state index contributed by atoms with van der Waals surface area (Å²) in [5, 5.41) is 0. The maximum atomic E-state index is 5.24. The summed E-state index contributed by atoms with van der Waals surface area (Å²) in [6, 6.07) is 8.27. The molecule has 3 nitrogen and oxygen atoms in total. The Kier molecular flexibility index (Phi) is 9.06. The summed E-state index contributed by atoms with van der Waals surface area (Å²) in [7, 11) is 11.3. The van der Waals surface area contributed by atoms with Crippen molar-refractivity contribution in [1.82, 2.24) is 4.98 Å². The van der Waals surface area contributed by atoms with Gasteiger partial charge in [0.25, 0.3) is 0 Å². The first-order valence-electron chi connectivity index (χ1n) is 6.53. The number of hydrogen-bond donors (Lipinski definition) is 0. The van der Waals surface area contributed by atoms with Crippen LogP contribution in [0, 0.1) is 0 Å². The predicted octanol–water partition coefficient (Wildman–Crippen LogP) is 5.42. The van der Waals surface area contributed by atoms with Crippen LogP contribution in [0.5, 0.6) is 0 Å². The van der Waals surface area contributed by atoms with E-state index in [1.807, 2.05) is 26.7 Å². The fourth-order valence-electron chi connectivity index (χ4n) is 1.59. The van der Waals surface area contributed by atoms with Crippen LogP contribution in [0.4, 0.5) is 0 Å². The first-order chi connectivity index (χ1) is 10.7. The third kappa shape index (κ3) is 6.27. The van der Waals surface area contributed by atoms with Crippen LogP contribution in [0.3, 0.4) is 0 Å². The second-order valence-electron chi connectivity index (χ2n) is 4.32. The van der Waals surface area contributed by atoms with Crippen molar-refractivity contribution >= 4 is 72.3 Å². The maximum Gasteiger partial charge on any atom is 0.162 e. The van der Waals surface area contributed by atoms with Gasteiger partial charge in [-0.25, -0.2) is 4.98 Å². The number of nitrogens with zero attached hydrogens (tertiary/aromatic N) is 1. The van der Waals surface area contributed by atoms with Crippen molar-refractivity contribution in [3.63, 3.8) is 0 Å². The Bertz CT molecular complexity index is 533. The lowest BCUT2D eigenvalue weighted by atomic mass is 10.3. The summed E-state index contributed by atoms with van der Waals surface area (Å²) < 4.78 is 12.9. The van der Waals surface area contributed by atoms with Crippen molar-refractivity contribution in [2.75, 3.05) is 20.0 Å². The van der Waals surface area contributed by atoms with Gasteiger partial charge in [0.05, 0.1) is 10.2 Å². The molecule has 1 aromatic carbocycles. The van der Waals surface area contributed by atoms with E-state index in [0.717, 1.165) is 15.6 Å².